The average molecular weight is 448 g/mol. The SMILES string of the molecule is C[C@@H](Sc1nnc(CCC(N)=O)n1Cc1ccco1)C(=O)NCc1ccc(Cl)cc1. The van der Waals surface area contributed by atoms with Crippen LogP contribution in [0.15, 0.2) is 52.2 Å². The molecule has 8 nitrogen and oxygen atoms in total. The summed E-state index contributed by atoms with van der Waals surface area (Å²) < 4.78 is 7.27. The molecule has 0 aliphatic heterocycles. The highest BCUT2D eigenvalue weighted by Gasteiger charge is 2.21. The number of primary amides is 1. The Morgan fingerprint density at radius 3 is 2.70 bits per heavy atom. The van der Waals surface area contributed by atoms with Crippen molar-refractivity contribution in [2.24, 2.45) is 5.73 Å². The summed E-state index contributed by atoms with van der Waals surface area (Å²) in [5.41, 5.74) is 6.22. The highest BCUT2D eigenvalue weighted by atomic mass is 35.5. The van der Waals surface area contributed by atoms with Crippen molar-refractivity contribution in [2.75, 3.05) is 0 Å². The van der Waals surface area contributed by atoms with Crippen molar-refractivity contribution in [3.63, 3.8) is 0 Å². The molecule has 0 bridgehead atoms. The molecule has 1 aromatic carbocycles. The number of carbonyl (C=O) groups excluding carboxylic acids is 2. The number of rotatable bonds is 10. The lowest BCUT2D eigenvalue weighted by atomic mass is 10.2. The number of nitrogens with one attached hydrogen (secondary N) is 1. The second-order valence-corrected chi connectivity index (χ2v) is 8.38. The monoisotopic (exact) mass is 447 g/mol. The molecule has 3 aromatic rings. The number of nitrogens with zero attached hydrogens (tertiary/aromatic N) is 3. The van der Waals surface area contributed by atoms with Crippen LogP contribution in [-0.4, -0.2) is 31.8 Å². The van der Waals surface area contributed by atoms with Gasteiger partial charge in [0.05, 0.1) is 18.1 Å². The van der Waals surface area contributed by atoms with Crippen molar-refractivity contribution in [3.8, 4) is 0 Å². The van der Waals surface area contributed by atoms with Crippen LogP contribution >= 0.6 is 23.4 Å². The van der Waals surface area contributed by atoms with Gasteiger partial charge in [0.15, 0.2) is 5.16 Å². The second kappa shape index (κ2) is 10.3. The maximum Gasteiger partial charge on any atom is 0.233 e. The van der Waals surface area contributed by atoms with E-state index in [4.69, 9.17) is 21.8 Å². The van der Waals surface area contributed by atoms with Gasteiger partial charge in [0.1, 0.15) is 11.6 Å². The molecule has 0 fully saturated rings. The minimum absolute atomic E-state index is 0.124. The molecule has 3 rings (SSSR count). The molecule has 30 heavy (non-hydrogen) atoms. The summed E-state index contributed by atoms with van der Waals surface area (Å²) in [6.07, 6.45) is 2.11. The Hall–Kier alpha value is -2.78. The maximum absolute atomic E-state index is 12.5. The van der Waals surface area contributed by atoms with Gasteiger partial charge < -0.3 is 15.5 Å². The fraction of sp³-hybridized carbons (Fsp3) is 0.300. The van der Waals surface area contributed by atoms with Crippen molar-refractivity contribution in [1.82, 2.24) is 20.1 Å². The van der Waals surface area contributed by atoms with Crippen LogP contribution in [0.25, 0.3) is 0 Å². The average Bonchev–Trinajstić information content (AvgIpc) is 3.36. The second-order valence-electron chi connectivity index (χ2n) is 6.63. The van der Waals surface area contributed by atoms with Gasteiger partial charge in [-0.15, -0.1) is 10.2 Å². The first kappa shape index (κ1) is 21.9. The Morgan fingerprint density at radius 2 is 2.03 bits per heavy atom. The first-order chi connectivity index (χ1) is 14.4. The number of furan rings is 1. The Kier molecular flexibility index (Phi) is 7.53. The van der Waals surface area contributed by atoms with E-state index in [-0.39, 0.29) is 12.3 Å². The summed E-state index contributed by atoms with van der Waals surface area (Å²) in [6, 6.07) is 10.9. The van der Waals surface area contributed by atoms with E-state index in [9.17, 15) is 9.59 Å². The first-order valence-corrected chi connectivity index (χ1v) is 10.6. The van der Waals surface area contributed by atoms with E-state index in [1.165, 1.54) is 11.8 Å². The quantitative estimate of drug-likeness (QED) is 0.461. The molecule has 0 aliphatic carbocycles. The zero-order valence-electron chi connectivity index (χ0n) is 16.4. The lowest BCUT2D eigenvalue weighted by Crippen LogP contribution is -2.30. The van der Waals surface area contributed by atoms with Crippen LogP contribution in [0, 0.1) is 0 Å². The number of carbonyl (C=O) groups is 2. The molecule has 0 aliphatic rings. The zero-order chi connectivity index (χ0) is 21.5. The van der Waals surface area contributed by atoms with Crippen molar-refractivity contribution in [3.05, 3.63) is 64.8 Å². The summed E-state index contributed by atoms with van der Waals surface area (Å²) >= 11 is 7.18. The Bertz CT molecular complexity index is 989. The summed E-state index contributed by atoms with van der Waals surface area (Å²) in [5, 5.41) is 12.1. The van der Waals surface area contributed by atoms with Crippen LogP contribution < -0.4 is 11.1 Å². The van der Waals surface area contributed by atoms with E-state index in [0.29, 0.717) is 35.5 Å². The molecule has 1 atom stereocenters. The highest BCUT2D eigenvalue weighted by Crippen LogP contribution is 2.24. The number of thioether (sulfide) groups is 1. The fourth-order valence-corrected chi connectivity index (χ4v) is 3.71. The fourth-order valence-electron chi connectivity index (χ4n) is 2.69. The van der Waals surface area contributed by atoms with Crippen LogP contribution in [0.2, 0.25) is 5.02 Å². The van der Waals surface area contributed by atoms with Gasteiger partial charge in [-0.3, -0.25) is 14.2 Å². The van der Waals surface area contributed by atoms with Crippen molar-refractivity contribution >= 4 is 35.2 Å². The third kappa shape index (κ3) is 6.11. The standard InChI is InChI=1S/C20H22ClN5O3S/c1-13(19(28)23-11-14-4-6-15(21)7-5-14)30-20-25-24-18(9-8-17(22)27)26(20)12-16-3-2-10-29-16/h2-7,10,13H,8-9,11-12H2,1H3,(H2,22,27)(H,23,28)/t13-/m1/s1. The van der Waals surface area contributed by atoms with E-state index in [1.54, 1.807) is 31.4 Å². The summed E-state index contributed by atoms with van der Waals surface area (Å²) in [7, 11) is 0. The van der Waals surface area contributed by atoms with Crippen LogP contribution in [0.1, 0.15) is 30.5 Å². The number of hydrogen-bond acceptors (Lipinski definition) is 6. The Morgan fingerprint density at radius 1 is 1.27 bits per heavy atom. The molecule has 158 valence electrons. The Labute approximate surface area is 183 Å². The molecule has 10 heteroatoms. The molecular weight excluding hydrogens is 426 g/mol. The number of benzene rings is 1. The molecule has 0 radical (unpaired) electrons. The van der Waals surface area contributed by atoms with E-state index in [0.717, 1.165) is 11.3 Å². The predicted octanol–water partition coefficient (Wildman–Crippen LogP) is 2.79. The number of aryl methyl sites for hydroxylation is 1. The maximum atomic E-state index is 12.5. The van der Waals surface area contributed by atoms with Crippen LogP contribution in [0.3, 0.4) is 0 Å². The third-order valence-electron chi connectivity index (χ3n) is 4.31. The Balaban J connectivity index is 1.66. The lowest BCUT2D eigenvalue weighted by molar-refractivity contribution is -0.120. The van der Waals surface area contributed by atoms with Gasteiger partial charge in [-0.25, -0.2) is 0 Å². The predicted molar refractivity (Wildman–Crippen MR) is 114 cm³/mol. The molecule has 0 saturated carbocycles. The number of nitrogens with two attached hydrogens (primary N) is 1. The lowest BCUT2D eigenvalue weighted by Gasteiger charge is -2.13. The van der Waals surface area contributed by atoms with E-state index < -0.39 is 11.2 Å². The van der Waals surface area contributed by atoms with E-state index in [1.807, 2.05) is 22.8 Å². The van der Waals surface area contributed by atoms with Crippen molar-refractivity contribution < 1.29 is 14.0 Å². The normalized spacial score (nSPS) is 11.9. The smallest absolute Gasteiger partial charge is 0.233 e. The minimum Gasteiger partial charge on any atom is -0.467 e. The number of amides is 2. The molecule has 3 N–H and O–H groups in total. The van der Waals surface area contributed by atoms with Gasteiger partial charge in [0.25, 0.3) is 0 Å². The van der Waals surface area contributed by atoms with Gasteiger partial charge >= 0.3 is 0 Å². The first-order valence-electron chi connectivity index (χ1n) is 9.34. The van der Waals surface area contributed by atoms with Crippen LogP contribution in [-0.2, 0) is 29.1 Å². The van der Waals surface area contributed by atoms with E-state index in [2.05, 4.69) is 15.5 Å². The highest BCUT2D eigenvalue weighted by molar-refractivity contribution is 8.00. The molecule has 0 unspecified atom stereocenters. The number of hydrogen-bond donors (Lipinski definition) is 2. The summed E-state index contributed by atoms with van der Waals surface area (Å²) in [6.45, 7) is 2.61. The molecular formula is C20H22ClN5O3S. The van der Waals surface area contributed by atoms with Gasteiger partial charge in [-0.05, 0) is 36.8 Å². The molecule has 2 amide bonds. The number of halogens is 1. The van der Waals surface area contributed by atoms with Crippen molar-refractivity contribution in [2.45, 2.75) is 43.3 Å². The number of aromatic nitrogens is 3. The van der Waals surface area contributed by atoms with Gasteiger partial charge in [0, 0.05) is 24.4 Å². The largest absolute Gasteiger partial charge is 0.467 e. The van der Waals surface area contributed by atoms with Gasteiger partial charge in [-0.2, -0.15) is 0 Å². The van der Waals surface area contributed by atoms with Crippen molar-refractivity contribution in [1.29, 1.82) is 0 Å². The van der Waals surface area contributed by atoms with Gasteiger partial charge in [-0.1, -0.05) is 35.5 Å². The topological polar surface area (TPSA) is 116 Å². The minimum atomic E-state index is -0.410. The van der Waals surface area contributed by atoms with Crippen LogP contribution in [0.5, 0.6) is 0 Å². The molecule has 0 saturated heterocycles. The van der Waals surface area contributed by atoms with Crippen LogP contribution in [0.4, 0.5) is 0 Å². The molecule has 0 spiro atoms. The molecule has 2 aromatic heterocycles. The summed E-state index contributed by atoms with van der Waals surface area (Å²) in [5.74, 6) is 0.797. The zero-order valence-corrected chi connectivity index (χ0v) is 17.9. The van der Waals surface area contributed by atoms with E-state index >= 15 is 0 Å². The summed E-state index contributed by atoms with van der Waals surface area (Å²) in [4.78, 5) is 23.7. The van der Waals surface area contributed by atoms with Gasteiger partial charge in [0.2, 0.25) is 11.8 Å². The third-order valence-corrected chi connectivity index (χ3v) is 5.65. The molecule has 2 heterocycles.